The van der Waals surface area contributed by atoms with E-state index >= 15 is 0 Å². The minimum Gasteiger partial charge on any atom is -0.443 e. The molecule has 16 heteroatoms. The topological polar surface area (TPSA) is 143 Å². The predicted molar refractivity (Wildman–Crippen MR) is 151 cm³/mol. The fourth-order valence-electron chi connectivity index (χ4n) is 4.87. The number of piperazine rings is 1. The molecule has 0 unspecified atom stereocenters. The summed E-state index contributed by atoms with van der Waals surface area (Å²) in [6.45, 7) is 2.00. The van der Waals surface area contributed by atoms with Gasteiger partial charge in [-0.3, -0.25) is 10.1 Å². The van der Waals surface area contributed by atoms with Gasteiger partial charge in [-0.1, -0.05) is 37.6 Å². The normalized spacial score (nSPS) is 17.3. The summed E-state index contributed by atoms with van der Waals surface area (Å²) < 4.78 is 75.0. The van der Waals surface area contributed by atoms with Gasteiger partial charge >= 0.3 is 12.5 Å². The molecule has 44 heavy (non-hydrogen) atoms. The molecule has 2 amide bonds. The van der Waals surface area contributed by atoms with Crippen molar-refractivity contribution in [1.29, 1.82) is 0 Å². The summed E-state index contributed by atoms with van der Waals surface area (Å²) in [6.07, 6.45) is -2.28. The number of anilines is 2. The van der Waals surface area contributed by atoms with Crippen LogP contribution in [0.5, 0.6) is 5.75 Å². The highest BCUT2D eigenvalue weighted by Gasteiger charge is 2.41. The van der Waals surface area contributed by atoms with E-state index in [2.05, 4.69) is 32.3 Å². The van der Waals surface area contributed by atoms with Crippen LogP contribution in [0.15, 0.2) is 59.6 Å². The first-order chi connectivity index (χ1) is 20.9. The number of hydrogen-bond donors (Lipinski definition) is 2. The maximum atomic E-state index is 13.7. The number of amides is 2. The summed E-state index contributed by atoms with van der Waals surface area (Å²) in [5, 5.41) is 5.28. The van der Waals surface area contributed by atoms with Crippen molar-refractivity contribution in [3.05, 3.63) is 71.5 Å². The number of benzene rings is 2. The summed E-state index contributed by atoms with van der Waals surface area (Å²) in [5.41, 5.74) is 2.38. The Morgan fingerprint density at radius 1 is 1.11 bits per heavy atom. The molecule has 1 fully saturated rings. The average Bonchev–Trinajstić information content (AvgIpc) is 2.99. The molecule has 1 aromatic heterocycles. The average molecular weight is 635 g/mol. The van der Waals surface area contributed by atoms with Gasteiger partial charge in [0.1, 0.15) is 29.9 Å². The molecule has 0 radical (unpaired) electrons. The summed E-state index contributed by atoms with van der Waals surface area (Å²) in [5.74, 6) is -0.659. The predicted octanol–water partition coefficient (Wildman–Crippen LogP) is 3.59. The van der Waals surface area contributed by atoms with Gasteiger partial charge in [-0.15, -0.1) is 13.2 Å². The molecule has 0 aliphatic carbocycles. The van der Waals surface area contributed by atoms with E-state index in [9.17, 15) is 31.2 Å². The molecule has 1 atom stereocenters. The van der Waals surface area contributed by atoms with Crippen LogP contribution in [-0.2, 0) is 39.1 Å². The molecular formula is C28H29F3N6O6S. The number of hydrogen-bond acceptors (Lipinski definition) is 9. The molecule has 2 N–H and O–H groups in total. The standard InChI is InChI=1S/C28H29F3N6O6S/c1-2-3-18-4-6-19(7-5-18)14-33-26(38)23-16-36(24-15-32-22-17-42-27(39)35-25(22)34-24)12-13-37(23)44(40,41)21-10-8-20(9-11-21)43-28(29,30)31/h4-11,15,23H,2-3,12-14,16-17H2,1H3,(H,33,38)(H,34,35,39)/t23-/m1/s1. The molecule has 2 aliphatic heterocycles. The van der Waals surface area contributed by atoms with Crippen LogP contribution >= 0.6 is 0 Å². The smallest absolute Gasteiger partial charge is 0.443 e. The first kappa shape index (κ1) is 31.0. The third-order valence-electron chi connectivity index (χ3n) is 7.05. The largest absolute Gasteiger partial charge is 0.573 e. The van der Waals surface area contributed by atoms with Crippen molar-refractivity contribution in [2.24, 2.45) is 0 Å². The molecule has 0 spiro atoms. The van der Waals surface area contributed by atoms with E-state index in [0.717, 1.165) is 52.5 Å². The van der Waals surface area contributed by atoms with Crippen LogP contribution in [0.25, 0.3) is 0 Å². The Balaban J connectivity index is 1.39. The van der Waals surface area contributed by atoms with Gasteiger partial charge in [0, 0.05) is 26.2 Å². The summed E-state index contributed by atoms with van der Waals surface area (Å²) in [7, 11) is -4.34. The number of aromatic nitrogens is 2. The number of aryl methyl sites for hydroxylation is 1. The summed E-state index contributed by atoms with van der Waals surface area (Å²) >= 11 is 0. The Morgan fingerprint density at radius 3 is 2.50 bits per heavy atom. The fraction of sp³-hybridized carbons (Fsp3) is 0.357. The first-order valence-corrected chi connectivity index (χ1v) is 15.1. The molecule has 0 bridgehead atoms. The van der Waals surface area contributed by atoms with E-state index in [4.69, 9.17) is 4.74 Å². The summed E-state index contributed by atoms with van der Waals surface area (Å²) in [4.78, 5) is 35.3. The maximum Gasteiger partial charge on any atom is 0.573 e. The number of nitrogens with zero attached hydrogens (tertiary/aromatic N) is 4. The molecule has 0 saturated carbocycles. The van der Waals surface area contributed by atoms with Crippen LogP contribution in [0.2, 0.25) is 0 Å². The number of ether oxygens (including phenoxy) is 2. The van der Waals surface area contributed by atoms with Gasteiger partial charge in [0.15, 0.2) is 5.82 Å². The zero-order valence-corrected chi connectivity index (χ0v) is 24.3. The highest BCUT2D eigenvalue weighted by atomic mass is 32.2. The number of fused-ring (bicyclic) bond motifs is 1. The minimum atomic E-state index is -4.94. The summed E-state index contributed by atoms with van der Waals surface area (Å²) in [6, 6.07) is 10.3. The molecule has 234 valence electrons. The van der Waals surface area contributed by atoms with Gasteiger partial charge in [0.05, 0.1) is 11.1 Å². The lowest BCUT2D eigenvalue weighted by Gasteiger charge is -2.40. The third-order valence-corrected chi connectivity index (χ3v) is 8.97. The lowest BCUT2D eigenvalue weighted by Crippen LogP contribution is -2.60. The second-order valence-electron chi connectivity index (χ2n) is 10.1. The van der Waals surface area contributed by atoms with Crippen molar-refractivity contribution >= 4 is 33.7 Å². The Bertz CT molecular complexity index is 1620. The van der Waals surface area contributed by atoms with Gasteiger partial charge in [-0.2, -0.15) is 4.31 Å². The SMILES string of the molecule is CCCc1ccc(CNC(=O)[C@H]2CN(c3cnc4c(n3)NC(=O)OC4)CCN2S(=O)(=O)c2ccc(OC(F)(F)F)cc2)cc1. The van der Waals surface area contributed by atoms with E-state index in [0.29, 0.717) is 11.5 Å². The van der Waals surface area contributed by atoms with Crippen LogP contribution in [0, 0.1) is 0 Å². The van der Waals surface area contributed by atoms with Crippen LogP contribution < -0.4 is 20.3 Å². The van der Waals surface area contributed by atoms with E-state index in [1.165, 1.54) is 6.20 Å². The Morgan fingerprint density at radius 2 is 1.82 bits per heavy atom. The van der Waals surface area contributed by atoms with Gasteiger partial charge in [0.2, 0.25) is 15.9 Å². The van der Waals surface area contributed by atoms with Crippen molar-refractivity contribution in [1.82, 2.24) is 19.6 Å². The monoisotopic (exact) mass is 634 g/mol. The zero-order chi connectivity index (χ0) is 31.5. The second kappa shape index (κ2) is 12.7. The zero-order valence-electron chi connectivity index (χ0n) is 23.5. The number of sulfonamides is 1. The molecule has 3 aromatic rings. The number of carbonyl (C=O) groups excluding carboxylic acids is 2. The molecule has 1 saturated heterocycles. The van der Waals surface area contributed by atoms with Crippen molar-refractivity contribution in [3.63, 3.8) is 0 Å². The number of cyclic esters (lactones) is 1. The molecule has 3 heterocycles. The lowest BCUT2D eigenvalue weighted by molar-refractivity contribution is -0.274. The van der Waals surface area contributed by atoms with Gasteiger partial charge < -0.3 is 19.7 Å². The highest BCUT2D eigenvalue weighted by Crippen LogP contribution is 2.29. The van der Waals surface area contributed by atoms with Crippen LogP contribution in [0.1, 0.15) is 30.2 Å². The van der Waals surface area contributed by atoms with Gasteiger partial charge in [-0.05, 0) is 41.8 Å². The Labute approximate surface area is 251 Å². The second-order valence-corrected chi connectivity index (χ2v) is 12.0. The van der Waals surface area contributed by atoms with Crippen LogP contribution in [0.3, 0.4) is 0 Å². The third kappa shape index (κ3) is 7.19. The van der Waals surface area contributed by atoms with Crippen LogP contribution in [-0.4, -0.2) is 66.7 Å². The quantitative estimate of drug-likeness (QED) is 0.361. The fourth-order valence-corrected chi connectivity index (χ4v) is 6.44. The number of halogens is 3. The van der Waals surface area contributed by atoms with Crippen molar-refractivity contribution in [2.45, 2.75) is 50.2 Å². The van der Waals surface area contributed by atoms with E-state index in [1.54, 1.807) is 4.90 Å². The van der Waals surface area contributed by atoms with Crippen molar-refractivity contribution in [3.8, 4) is 5.75 Å². The van der Waals surface area contributed by atoms with Gasteiger partial charge in [-0.25, -0.2) is 23.2 Å². The van der Waals surface area contributed by atoms with Crippen molar-refractivity contribution in [2.75, 3.05) is 29.9 Å². The van der Waals surface area contributed by atoms with Crippen molar-refractivity contribution < 1.29 is 40.7 Å². The van der Waals surface area contributed by atoms with Gasteiger partial charge in [0.25, 0.3) is 0 Å². The Kier molecular flexibility index (Phi) is 8.92. The highest BCUT2D eigenvalue weighted by molar-refractivity contribution is 7.89. The molecular weight excluding hydrogens is 605 g/mol. The van der Waals surface area contributed by atoms with E-state index in [1.807, 2.05) is 24.3 Å². The maximum absolute atomic E-state index is 13.7. The first-order valence-electron chi connectivity index (χ1n) is 13.7. The number of carbonyl (C=O) groups is 2. The van der Waals surface area contributed by atoms with Crippen LogP contribution in [0.4, 0.5) is 29.6 Å². The van der Waals surface area contributed by atoms with E-state index in [-0.39, 0.29) is 43.5 Å². The lowest BCUT2D eigenvalue weighted by atomic mass is 10.1. The molecule has 2 aromatic carbocycles. The molecule has 12 nitrogen and oxygen atoms in total. The molecule has 5 rings (SSSR count). The van der Waals surface area contributed by atoms with E-state index < -0.39 is 40.2 Å². The number of alkyl halides is 3. The number of nitrogens with one attached hydrogen (secondary N) is 2. The number of rotatable bonds is 9. The molecule has 2 aliphatic rings. The minimum absolute atomic E-state index is 0.0578. The Hall–Kier alpha value is -4.44.